The van der Waals surface area contributed by atoms with Crippen LogP contribution in [0.2, 0.25) is 0 Å². The SMILES string of the molecule is Cc1ccc(CNCc2ccc(OCCC(C)C)cc2)cc1. The molecular formula is C20H27NO. The molecule has 0 saturated carbocycles. The molecule has 0 aliphatic rings. The summed E-state index contributed by atoms with van der Waals surface area (Å²) in [6, 6.07) is 17.0. The summed E-state index contributed by atoms with van der Waals surface area (Å²) in [5.74, 6) is 1.65. The minimum Gasteiger partial charge on any atom is -0.494 e. The lowest BCUT2D eigenvalue weighted by Gasteiger charge is -2.09. The minimum atomic E-state index is 0.685. The summed E-state index contributed by atoms with van der Waals surface area (Å²) in [5, 5.41) is 3.47. The molecule has 22 heavy (non-hydrogen) atoms. The van der Waals surface area contributed by atoms with Gasteiger partial charge in [0.05, 0.1) is 6.61 Å². The van der Waals surface area contributed by atoms with Gasteiger partial charge in [0.15, 0.2) is 0 Å². The van der Waals surface area contributed by atoms with Crippen LogP contribution in [0, 0.1) is 12.8 Å². The monoisotopic (exact) mass is 297 g/mol. The summed E-state index contributed by atoms with van der Waals surface area (Å²) in [6.45, 7) is 9.11. The van der Waals surface area contributed by atoms with E-state index in [0.29, 0.717) is 5.92 Å². The molecule has 0 aliphatic carbocycles. The average molecular weight is 297 g/mol. The normalized spacial score (nSPS) is 10.9. The van der Waals surface area contributed by atoms with E-state index in [-0.39, 0.29) is 0 Å². The van der Waals surface area contributed by atoms with Gasteiger partial charge in [0.1, 0.15) is 5.75 Å². The van der Waals surface area contributed by atoms with Crippen LogP contribution in [0.1, 0.15) is 37.0 Å². The van der Waals surface area contributed by atoms with Gasteiger partial charge in [-0.05, 0) is 42.5 Å². The van der Waals surface area contributed by atoms with Crippen LogP contribution in [0.15, 0.2) is 48.5 Å². The highest BCUT2D eigenvalue weighted by Crippen LogP contribution is 2.13. The van der Waals surface area contributed by atoms with E-state index in [0.717, 1.165) is 31.9 Å². The summed E-state index contributed by atoms with van der Waals surface area (Å²) in [5.41, 5.74) is 3.90. The molecule has 0 aromatic heterocycles. The Balaban J connectivity index is 1.73. The smallest absolute Gasteiger partial charge is 0.119 e. The predicted molar refractivity (Wildman–Crippen MR) is 93.1 cm³/mol. The summed E-state index contributed by atoms with van der Waals surface area (Å²) >= 11 is 0. The second-order valence-corrected chi connectivity index (χ2v) is 6.26. The summed E-state index contributed by atoms with van der Waals surface area (Å²) in [7, 11) is 0. The van der Waals surface area contributed by atoms with E-state index >= 15 is 0 Å². The fourth-order valence-corrected chi connectivity index (χ4v) is 2.17. The topological polar surface area (TPSA) is 21.3 Å². The van der Waals surface area contributed by atoms with Gasteiger partial charge in [-0.25, -0.2) is 0 Å². The Morgan fingerprint density at radius 1 is 0.864 bits per heavy atom. The third kappa shape index (κ3) is 5.90. The first kappa shape index (κ1) is 16.6. The van der Waals surface area contributed by atoms with Gasteiger partial charge in [-0.3, -0.25) is 0 Å². The number of benzene rings is 2. The van der Waals surface area contributed by atoms with Crippen molar-refractivity contribution < 1.29 is 4.74 Å². The van der Waals surface area contributed by atoms with Gasteiger partial charge in [-0.1, -0.05) is 55.8 Å². The first-order chi connectivity index (χ1) is 10.6. The number of aryl methyl sites for hydroxylation is 1. The molecule has 2 aromatic carbocycles. The molecule has 0 heterocycles. The Morgan fingerprint density at radius 3 is 1.95 bits per heavy atom. The van der Waals surface area contributed by atoms with Gasteiger partial charge < -0.3 is 10.1 Å². The van der Waals surface area contributed by atoms with Crippen molar-refractivity contribution in [2.45, 2.75) is 40.3 Å². The van der Waals surface area contributed by atoms with Crippen molar-refractivity contribution in [3.63, 3.8) is 0 Å². The zero-order valence-electron chi connectivity index (χ0n) is 13.9. The van der Waals surface area contributed by atoms with Crippen molar-refractivity contribution in [2.75, 3.05) is 6.61 Å². The molecule has 2 nitrogen and oxygen atoms in total. The van der Waals surface area contributed by atoms with Crippen LogP contribution in [-0.2, 0) is 13.1 Å². The van der Waals surface area contributed by atoms with Gasteiger partial charge >= 0.3 is 0 Å². The van der Waals surface area contributed by atoms with Crippen LogP contribution < -0.4 is 10.1 Å². The highest BCUT2D eigenvalue weighted by molar-refractivity contribution is 5.27. The molecule has 0 saturated heterocycles. The standard InChI is InChI=1S/C20H27NO/c1-16(2)12-13-22-20-10-8-19(9-11-20)15-21-14-18-6-4-17(3)5-7-18/h4-11,16,21H,12-15H2,1-3H3. The molecule has 1 N–H and O–H groups in total. The van der Waals surface area contributed by atoms with Crippen LogP contribution in [-0.4, -0.2) is 6.61 Å². The van der Waals surface area contributed by atoms with E-state index < -0.39 is 0 Å². The number of ether oxygens (including phenoxy) is 1. The Morgan fingerprint density at radius 2 is 1.41 bits per heavy atom. The Bertz CT molecular complexity index is 543. The maximum absolute atomic E-state index is 5.74. The molecule has 0 bridgehead atoms. The molecule has 0 spiro atoms. The molecule has 0 atom stereocenters. The lowest BCUT2D eigenvalue weighted by molar-refractivity contribution is 0.289. The van der Waals surface area contributed by atoms with Crippen molar-refractivity contribution in [1.29, 1.82) is 0 Å². The fourth-order valence-electron chi connectivity index (χ4n) is 2.17. The molecule has 118 valence electrons. The van der Waals surface area contributed by atoms with Crippen LogP contribution in [0.3, 0.4) is 0 Å². The van der Waals surface area contributed by atoms with E-state index in [1.54, 1.807) is 0 Å². The molecule has 0 unspecified atom stereocenters. The van der Waals surface area contributed by atoms with Crippen molar-refractivity contribution in [2.24, 2.45) is 5.92 Å². The molecule has 0 radical (unpaired) electrons. The van der Waals surface area contributed by atoms with Gasteiger partial charge in [0.25, 0.3) is 0 Å². The Kier molecular flexibility index (Phi) is 6.47. The zero-order chi connectivity index (χ0) is 15.8. The zero-order valence-corrected chi connectivity index (χ0v) is 13.9. The van der Waals surface area contributed by atoms with Gasteiger partial charge in [-0.15, -0.1) is 0 Å². The summed E-state index contributed by atoms with van der Waals surface area (Å²) < 4.78 is 5.74. The summed E-state index contributed by atoms with van der Waals surface area (Å²) in [6.07, 6.45) is 1.10. The number of nitrogens with one attached hydrogen (secondary N) is 1. The molecule has 0 fully saturated rings. The first-order valence-electron chi connectivity index (χ1n) is 8.11. The van der Waals surface area contributed by atoms with Gasteiger partial charge in [-0.2, -0.15) is 0 Å². The van der Waals surface area contributed by atoms with E-state index in [1.165, 1.54) is 16.7 Å². The third-order valence-electron chi connectivity index (χ3n) is 3.67. The average Bonchev–Trinajstić information content (AvgIpc) is 2.50. The number of hydrogen-bond donors (Lipinski definition) is 1. The molecule has 0 amide bonds. The minimum absolute atomic E-state index is 0.685. The lowest BCUT2D eigenvalue weighted by Crippen LogP contribution is -2.12. The maximum Gasteiger partial charge on any atom is 0.119 e. The summed E-state index contributed by atoms with van der Waals surface area (Å²) in [4.78, 5) is 0. The second kappa shape index (κ2) is 8.60. The van der Waals surface area contributed by atoms with Crippen molar-refractivity contribution in [3.05, 3.63) is 65.2 Å². The van der Waals surface area contributed by atoms with Gasteiger partial charge in [0.2, 0.25) is 0 Å². The number of rotatable bonds is 8. The van der Waals surface area contributed by atoms with Gasteiger partial charge in [0, 0.05) is 13.1 Å². The first-order valence-corrected chi connectivity index (χ1v) is 8.11. The second-order valence-electron chi connectivity index (χ2n) is 6.26. The van der Waals surface area contributed by atoms with Crippen LogP contribution >= 0.6 is 0 Å². The van der Waals surface area contributed by atoms with Crippen LogP contribution in [0.4, 0.5) is 0 Å². The highest BCUT2D eigenvalue weighted by atomic mass is 16.5. The highest BCUT2D eigenvalue weighted by Gasteiger charge is 1.98. The molecular weight excluding hydrogens is 270 g/mol. The Labute approximate surface area is 134 Å². The lowest BCUT2D eigenvalue weighted by atomic mass is 10.1. The predicted octanol–water partition coefficient (Wildman–Crippen LogP) is 4.71. The van der Waals surface area contributed by atoms with E-state index in [2.05, 4.69) is 74.6 Å². The van der Waals surface area contributed by atoms with Crippen LogP contribution in [0.25, 0.3) is 0 Å². The third-order valence-corrected chi connectivity index (χ3v) is 3.67. The van der Waals surface area contributed by atoms with E-state index in [1.807, 2.05) is 0 Å². The Hall–Kier alpha value is -1.80. The molecule has 2 heteroatoms. The molecule has 2 aromatic rings. The fraction of sp³-hybridized carbons (Fsp3) is 0.400. The van der Waals surface area contributed by atoms with Crippen molar-refractivity contribution in [3.8, 4) is 5.75 Å². The van der Waals surface area contributed by atoms with Crippen molar-refractivity contribution in [1.82, 2.24) is 5.32 Å². The van der Waals surface area contributed by atoms with Crippen LogP contribution in [0.5, 0.6) is 5.75 Å². The molecule has 2 rings (SSSR count). The number of hydrogen-bond acceptors (Lipinski definition) is 2. The van der Waals surface area contributed by atoms with Crippen molar-refractivity contribution >= 4 is 0 Å². The van der Waals surface area contributed by atoms with E-state index in [9.17, 15) is 0 Å². The molecule has 0 aliphatic heterocycles. The largest absolute Gasteiger partial charge is 0.494 e. The maximum atomic E-state index is 5.74. The quantitative estimate of drug-likeness (QED) is 0.762. The van der Waals surface area contributed by atoms with E-state index in [4.69, 9.17) is 4.74 Å².